The Morgan fingerprint density at radius 2 is 2.00 bits per heavy atom. The number of aliphatic hydroxyl groups excluding tert-OH is 1. The minimum atomic E-state index is -0.661. The molecule has 0 saturated heterocycles. The second-order valence-electron chi connectivity index (χ2n) is 3.75. The minimum Gasteiger partial charge on any atom is -0.386 e. The van der Waals surface area contributed by atoms with E-state index in [0.717, 1.165) is 11.3 Å². The Balaban J connectivity index is 2.21. The molecule has 5 heteroatoms. The lowest BCUT2D eigenvalue weighted by Crippen LogP contribution is -2.02. The van der Waals surface area contributed by atoms with Crippen molar-refractivity contribution in [1.82, 2.24) is 4.98 Å². The number of nitrogens with zero attached hydrogens (tertiary/aromatic N) is 1. The average molecular weight is 288 g/mol. The fraction of sp³-hybridized carbons (Fsp3) is 0.250. The van der Waals surface area contributed by atoms with Gasteiger partial charge in [-0.15, -0.1) is 11.3 Å². The minimum absolute atomic E-state index is 0.380. The van der Waals surface area contributed by atoms with Gasteiger partial charge in [-0.1, -0.05) is 29.3 Å². The number of thiazole rings is 1. The highest BCUT2D eigenvalue weighted by Gasteiger charge is 2.16. The van der Waals surface area contributed by atoms with Crippen molar-refractivity contribution < 1.29 is 5.11 Å². The number of rotatable bonds is 3. The zero-order valence-electron chi connectivity index (χ0n) is 9.15. The zero-order chi connectivity index (χ0) is 12.4. The maximum atomic E-state index is 10.1. The Labute approximate surface area is 114 Å². The van der Waals surface area contributed by atoms with E-state index < -0.39 is 6.10 Å². The summed E-state index contributed by atoms with van der Waals surface area (Å²) < 4.78 is 0. The topological polar surface area (TPSA) is 33.1 Å². The van der Waals surface area contributed by atoms with Crippen LogP contribution in [-0.4, -0.2) is 10.1 Å². The first-order chi connectivity index (χ1) is 8.08. The summed E-state index contributed by atoms with van der Waals surface area (Å²) in [5.41, 5.74) is 1.67. The van der Waals surface area contributed by atoms with Crippen LogP contribution in [0.25, 0.3) is 0 Å². The molecule has 0 amide bonds. The molecule has 2 rings (SSSR count). The van der Waals surface area contributed by atoms with Crippen LogP contribution in [0.4, 0.5) is 0 Å². The first-order valence-electron chi connectivity index (χ1n) is 5.11. The quantitative estimate of drug-likeness (QED) is 0.924. The summed E-state index contributed by atoms with van der Waals surface area (Å²) in [6.45, 7) is 1.90. The first kappa shape index (κ1) is 12.8. The summed E-state index contributed by atoms with van der Waals surface area (Å²) >= 11 is 13.5. The van der Waals surface area contributed by atoms with Crippen LogP contribution in [0, 0.1) is 6.92 Å². The average Bonchev–Trinajstić information content (AvgIpc) is 2.70. The van der Waals surface area contributed by atoms with Gasteiger partial charge in [-0.2, -0.15) is 0 Å². The molecule has 0 spiro atoms. The molecule has 0 radical (unpaired) electrons. The fourth-order valence-electron chi connectivity index (χ4n) is 1.53. The normalized spacial score (nSPS) is 12.7. The molecule has 1 unspecified atom stereocenters. The number of aromatic nitrogens is 1. The van der Waals surface area contributed by atoms with E-state index in [2.05, 4.69) is 4.98 Å². The van der Waals surface area contributed by atoms with Crippen LogP contribution in [0.1, 0.15) is 22.4 Å². The van der Waals surface area contributed by atoms with E-state index in [1.54, 1.807) is 18.2 Å². The molecule has 0 aliphatic carbocycles. The van der Waals surface area contributed by atoms with Crippen molar-refractivity contribution in [2.75, 3.05) is 0 Å². The molecule has 0 saturated carbocycles. The van der Waals surface area contributed by atoms with Crippen LogP contribution < -0.4 is 0 Å². The van der Waals surface area contributed by atoms with Gasteiger partial charge in [-0.25, -0.2) is 4.98 Å². The maximum absolute atomic E-state index is 10.1. The van der Waals surface area contributed by atoms with Crippen molar-refractivity contribution in [1.29, 1.82) is 0 Å². The summed E-state index contributed by atoms with van der Waals surface area (Å²) in [4.78, 5) is 4.25. The van der Waals surface area contributed by atoms with Crippen molar-refractivity contribution >= 4 is 34.5 Å². The molecule has 1 N–H and O–H groups in total. The fourth-order valence-corrected chi connectivity index (χ4v) is 2.87. The number of hydrogen-bond acceptors (Lipinski definition) is 3. The van der Waals surface area contributed by atoms with Gasteiger partial charge in [0.05, 0.1) is 0 Å². The Kier molecular flexibility index (Phi) is 4.05. The van der Waals surface area contributed by atoms with Gasteiger partial charge in [0.25, 0.3) is 0 Å². The van der Waals surface area contributed by atoms with Crippen LogP contribution in [0.3, 0.4) is 0 Å². The zero-order valence-corrected chi connectivity index (χ0v) is 11.5. The Morgan fingerprint density at radius 1 is 1.35 bits per heavy atom. The highest BCUT2D eigenvalue weighted by molar-refractivity contribution is 7.09. The van der Waals surface area contributed by atoms with E-state index in [1.807, 2.05) is 12.3 Å². The standard InChI is InChI=1S/C12H11Cl2NOS/c1-7-6-17-12(15-7)11(16)5-8-9(13)3-2-4-10(8)14/h2-4,6,11,16H,5H2,1H3. The van der Waals surface area contributed by atoms with E-state index in [1.165, 1.54) is 11.3 Å². The van der Waals surface area contributed by atoms with Crippen LogP contribution in [0.2, 0.25) is 10.0 Å². The van der Waals surface area contributed by atoms with Crippen LogP contribution in [-0.2, 0) is 6.42 Å². The third kappa shape index (κ3) is 2.99. The lowest BCUT2D eigenvalue weighted by molar-refractivity contribution is 0.178. The molecule has 0 aliphatic rings. The second kappa shape index (κ2) is 5.36. The molecule has 17 heavy (non-hydrogen) atoms. The van der Waals surface area contributed by atoms with Crippen LogP contribution in [0.5, 0.6) is 0 Å². The summed E-state index contributed by atoms with van der Waals surface area (Å²) in [7, 11) is 0. The van der Waals surface area contributed by atoms with Crippen molar-refractivity contribution in [3.63, 3.8) is 0 Å². The number of halogens is 2. The molecule has 0 aliphatic heterocycles. The number of aryl methyl sites for hydroxylation is 1. The molecule has 2 nitrogen and oxygen atoms in total. The molecule has 1 heterocycles. The van der Waals surface area contributed by atoms with E-state index in [9.17, 15) is 5.11 Å². The highest BCUT2D eigenvalue weighted by Crippen LogP contribution is 2.30. The van der Waals surface area contributed by atoms with E-state index >= 15 is 0 Å². The smallest absolute Gasteiger partial charge is 0.122 e. The van der Waals surface area contributed by atoms with Crippen molar-refractivity contribution in [2.45, 2.75) is 19.4 Å². The van der Waals surface area contributed by atoms with Crippen LogP contribution >= 0.6 is 34.5 Å². The van der Waals surface area contributed by atoms with Gasteiger partial charge in [0.15, 0.2) is 0 Å². The van der Waals surface area contributed by atoms with E-state index in [0.29, 0.717) is 21.5 Å². The molecule has 0 fully saturated rings. The molecule has 1 aromatic heterocycles. The third-order valence-corrected chi connectivity index (χ3v) is 4.15. The van der Waals surface area contributed by atoms with Gasteiger partial charge in [0.1, 0.15) is 11.1 Å². The summed E-state index contributed by atoms with van der Waals surface area (Å²) in [6.07, 6.45) is -0.281. The van der Waals surface area contributed by atoms with E-state index in [4.69, 9.17) is 23.2 Å². The maximum Gasteiger partial charge on any atom is 0.122 e. The lowest BCUT2D eigenvalue weighted by atomic mass is 10.1. The third-order valence-electron chi connectivity index (χ3n) is 2.38. The van der Waals surface area contributed by atoms with E-state index in [-0.39, 0.29) is 0 Å². The monoisotopic (exact) mass is 287 g/mol. The molecular formula is C12H11Cl2NOS. The Hall–Kier alpha value is -0.610. The largest absolute Gasteiger partial charge is 0.386 e. The number of benzene rings is 1. The molecule has 1 atom stereocenters. The predicted molar refractivity (Wildman–Crippen MR) is 72.0 cm³/mol. The number of hydrogen-bond donors (Lipinski definition) is 1. The first-order valence-corrected chi connectivity index (χ1v) is 6.74. The summed E-state index contributed by atoms with van der Waals surface area (Å²) in [5, 5.41) is 13.8. The van der Waals surface area contributed by atoms with Crippen molar-refractivity contribution in [3.8, 4) is 0 Å². The van der Waals surface area contributed by atoms with Crippen molar-refractivity contribution in [2.24, 2.45) is 0 Å². The second-order valence-corrected chi connectivity index (χ2v) is 5.45. The lowest BCUT2D eigenvalue weighted by Gasteiger charge is -2.10. The Bertz CT molecular complexity index is 507. The molecule has 1 aromatic carbocycles. The SMILES string of the molecule is Cc1csc(C(O)Cc2c(Cl)cccc2Cl)n1. The predicted octanol–water partition coefficient (Wildman–Crippen LogP) is 4.03. The van der Waals surface area contributed by atoms with Gasteiger partial charge in [0, 0.05) is 27.5 Å². The van der Waals surface area contributed by atoms with Gasteiger partial charge < -0.3 is 5.11 Å². The summed E-state index contributed by atoms with van der Waals surface area (Å²) in [5.74, 6) is 0. The highest BCUT2D eigenvalue weighted by atomic mass is 35.5. The summed E-state index contributed by atoms with van der Waals surface area (Å²) in [6, 6.07) is 5.32. The van der Waals surface area contributed by atoms with Gasteiger partial charge in [-0.3, -0.25) is 0 Å². The molecule has 90 valence electrons. The van der Waals surface area contributed by atoms with Gasteiger partial charge in [-0.05, 0) is 24.6 Å². The van der Waals surface area contributed by atoms with Crippen molar-refractivity contribution in [3.05, 3.63) is 49.9 Å². The molecular weight excluding hydrogens is 277 g/mol. The molecule has 2 aromatic rings. The van der Waals surface area contributed by atoms with Gasteiger partial charge in [0.2, 0.25) is 0 Å². The molecule has 0 bridgehead atoms. The van der Waals surface area contributed by atoms with Crippen LogP contribution in [0.15, 0.2) is 23.6 Å². The number of aliphatic hydroxyl groups is 1. The van der Waals surface area contributed by atoms with Gasteiger partial charge >= 0.3 is 0 Å². The Morgan fingerprint density at radius 3 is 2.53 bits per heavy atom.